The van der Waals surface area contributed by atoms with E-state index >= 15 is 0 Å². The van der Waals surface area contributed by atoms with Crippen molar-refractivity contribution in [1.82, 2.24) is 25.3 Å². The van der Waals surface area contributed by atoms with Crippen molar-refractivity contribution in [3.63, 3.8) is 0 Å². The Kier molecular flexibility index (Phi) is 4.12. The van der Waals surface area contributed by atoms with E-state index < -0.39 is 24.1 Å². The zero-order chi connectivity index (χ0) is 16.6. The van der Waals surface area contributed by atoms with Crippen molar-refractivity contribution in [3.05, 3.63) is 34.9 Å². The molecule has 0 saturated carbocycles. The van der Waals surface area contributed by atoms with Crippen molar-refractivity contribution >= 4 is 5.91 Å². The van der Waals surface area contributed by atoms with Crippen molar-refractivity contribution in [3.8, 4) is 0 Å². The number of carbonyl (C=O) groups is 1. The number of rotatable bonds is 4. The third-order valence-corrected chi connectivity index (χ3v) is 3.98. The summed E-state index contributed by atoms with van der Waals surface area (Å²) in [7, 11) is 0. The smallest absolute Gasteiger partial charge is 0.279 e. The predicted octanol–water partition coefficient (Wildman–Crippen LogP) is 1.05. The maximum absolute atomic E-state index is 12.5. The van der Waals surface area contributed by atoms with Crippen LogP contribution in [-0.2, 0) is 6.42 Å². The maximum atomic E-state index is 12.5. The summed E-state index contributed by atoms with van der Waals surface area (Å²) in [4.78, 5) is 13.7. The van der Waals surface area contributed by atoms with Gasteiger partial charge in [-0.25, -0.2) is 8.78 Å². The molecule has 2 aromatic rings. The quantitative estimate of drug-likeness (QED) is 0.783. The van der Waals surface area contributed by atoms with E-state index in [1.54, 1.807) is 0 Å². The van der Waals surface area contributed by atoms with Crippen LogP contribution in [0.1, 0.15) is 34.0 Å². The molecule has 0 radical (unpaired) electrons. The number of β-amino-alcohol motifs (C(OH)–C–C–N with tert-alkyl or cyclic N) is 1. The molecule has 7 nitrogen and oxygen atoms in total. The summed E-state index contributed by atoms with van der Waals surface area (Å²) >= 11 is 0. The highest BCUT2D eigenvalue weighted by atomic mass is 19.3. The van der Waals surface area contributed by atoms with Crippen LogP contribution >= 0.6 is 0 Å². The zero-order valence-electron chi connectivity index (χ0n) is 12.5. The number of aliphatic hydroxyl groups is 1. The molecule has 3 heterocycles. The van der Waals surface area contributed by atoms with Gasteiger partial charge < -0.3 is 10.0 Å². The molecule has 1 aliphatic rings. The molecule has 0 aromatic carbocycles. The summed E-state index contributed by atoms with van der Waals surface area (Å²) < 4.78 is 25.1. The predicted molar refractivity (Wildman–Crippen MR) is 76.0 cm³/mol. The average Bonchev–Trinajstić information content (AvgIpc) is 3.20. The fraction of sp³-hybridized carbons (Fsp3) is 0.500. The van der Waals surface area contributed by atoms with Crippen molar-refractivity contribution in [1.29, 1.82) is 0 Å². The second kappa shape index (κ2) is 6.07. The first kappa shape index (κ1) is 15.6. The minimum absolute atomic E-state index is 0.0660. The topological polar surface area (TPSA) is 97.9 Å². The van der Waals surface area contributed by atoms with Crippen molar-refractivity contribution in [2.45, 2.75) is 25.9 Å². The van der Waals surface area contributed by atoms with Gasteiger partial charge in [-0.1, -0.05) is 0 Å². The Bertz CT molecular complexity index is 699. The summed E-state index contributed by atoms with van der Waals surface area (Å²) in [5.41, 5.74) is 1.29. The number of aromatic nitrogens is 4. The number of carbonyl (C=O) groups excluding carboxylic acids is 1. The summed E-state index contributed by atoms with van der Waals surface area (Å²) in [5, 5.41) is 22.9. The molecule has 9 heteroatoms. The van der Waals surface area contributed by atoms with Gasteiger partial charge in [0, 0.05) is 24.7 Å². The Morgan fingerprint density at radius 3 is 2.78 bits per heavy atom. The van der Waals surface area contributed by atoms with Crippen LogP contribution in [0.5, 0.6) is 0 Å². The van der Waals surface area contributed by atoms with E-state index in [-0.39, 0.29) is 18.2 Å². The minimum atomic E-state index is -2.70. The van der Waals surface area contributed by atoms with E-state index in [0.29, 0.717) is 13.0 Å². The van der Waals surface area contributed by atoms with Gasteiger partial charge in [0.1, 0.15) is 5.69 Å². The first-order valence-electron chi connectivity index (χ1n) is 7.25. The van der Waals surface area contributed by atoms with Crippen molar-refractivity contribution in [2.75, 3.05) is 13.1 Å². The molecule has 124 valence electrons. The van der Waals surface area contributed by atoms with Gasteiger partial charge in [-0.15, -0.1) is 0 Å². The van der Waals surface area contributed by atoms with Gasteiger partial charge in [0.05, 0.1) is 11.8 Å². The lowest BCUT2D eigenvalue weighted by Crippen LogP contribution is -2.29. The molecule has 0 bridgehead atoms. The van der Waals surface area contributed by atoms with Crippen LogP contribution in [0.25, 0.3) is 0 Å². The number of aromatic amines is 2. The van der Waals surface area contributed by atoms with E-state index in [1.807, 2.05) is 13.0 Å². The molecule has 1 amide bonds. The highest BCUT2D eigenvalue weighted by Crippen LogP contribution is 2.23. The van der Waals surface area contributed by atoms with Crippen LogP contribution in [0, 0.1) is 12.8 Å². The molecule has 3 rings (SSSR count). The number of nitrogens with one attached hydrogen (secondary N) is 2. The van der Waals surface area contributed by atoms with Crippen LogP contribution in [0.3, 0.4) is 0 Å². The second-order valence-corrected chi connectivity index (χ2v) is 5.79. The molecule has 2 atom stereocenters. The van der Waals surface area contributed by atoms with E-state index in [1.165, 1.54) is 4.90 Å². The third kappa shape index (κ3) is 3.24. The van der Waals surface area contributed by atoms with E-state index in [9.17, 15) is 18.7 Å². The number of amides is 1. The lowest BCUT2D eigenvalue weighted by atomic mass is 10.0. The molecular weight excluding hydrogens is 308 g/mol. The van der Waals surface area contributed by atoms with Gasteiger partial charge in [-0.2, -0.15) is 10.2 Å². The first-order valence-corrected chi connectivity index (χ1v) is 7.25. The maximum Gasteiger partial charge on any atom is 0.279 e. The molecule has 2 aromatic heterocycles. The summed E-state index contributed by atoms with van der Waals surface area (Å²) in [6.45, 7) is 2.38. The van der Waals surface area contributed by atoms with Crippen molar-refractivity contribution < 1.29 is 18.7 Å². The lowest BCUT2D eigenvalue weighted by molar-refractivity contribution is 0.0759. The largest absolute Gasteiger partial charge is 0.391 e. The molecule has 1 saturated heterocycles. The van der Waals surface area contributed by atoms with E-state index in [2.05, 4.69) is 20.4 Å². The van der Waals surface area contributed by atoms with Crippen LogP contribution in [0.4, 0.5) is 8.78 Å². The number of H-pyrrole nitrogens is 2. The molecule has 0 spiro atoms. The van der Waals surface area contributed by atoms with Gasteiger partial charge in [0.25, 0.3) is 12.3 Å². The van der Waals surface area contributed by atoms with Gasteiger partial charge in [0.2, 0.25) is 0 Å². The van der Waals surface area contributed by atoms with Gasteiger partial charge >= 0.3 is 0 Å². The average molecular weight is 325 g/mol. The third-order valence-electron chi connectivity index (χ3n) is 3.98. The lowest BCUT2D eigenvalue weighted by Gasteiger charge is -2.14. The Labute approximate surface area is 130 Å². The number of alkyl halides is 2. The normalized spacial score (nSPS) is 21.3. The number of halogens is 2. The molecule has 23 heavy (non-hydrogen) atoms. The van der Waals surface area contributed by atoms with Gasteiger partial charge in [-0.3, -0.25) is 15.0 Å². The molecule has 1 aliphatic heterocycles. The van der Waals surface area contributed by atoms with Crippen LogP contribution < -0.4 is 0 Å². The van der Waals surface area contributed by atoms with Crippen LogP contribution in [-0.4, -0.2) is 55.5 Å². The van der Waals surface area contributed by atoms with E-state index in [4.69, 9.17) is 0 Å². The number of aryl methyl sites for hydroxylation is 1. The van der Waals surface area contributed by atoms with Crippen LogP contribution in [0.2, 0.25) is 0 Å². The van der Waals surface area contributed by atoms with Gasteiger partial charge in [-0.05, 0) is 25.5 Å². The number of likely N-dealkylation sites (tertiary alicyclic amines) is 1. The molecule has 0 aliphatic carbocycles. The fourth-order valence-electron chi connectivity index (χ4n) is 2.79. The second-order valence-electron chi connectivity index (χ2n) is 5.79. The summed E-state index contributed by atoms with van der Waals surface area (Å²) in [5.74, 6) is -0.608. The molecule has 0 unspecified atom stereocenters. The number of hydrogen-bond acceptors (Lipinski definition) is 4. The highest BCUT2D eigenvalue weighted by molar-refractivity contribution is 5.92. The monoisotopic (exact) mass is 325 g/mol. The summed E-state index contributed by atoms with van der Waals surface area (Å²) in [6, 6.07) is 2.93. The molecule has 1 fully saturated rings. The standard InChI is InChI=1S/C14H17F2N5O2/c1-7-2-9(18-17-7)3-8-5-21(6-12(8)22)14(23)11-4-10(13(15)16)19-20-11/h2,4,8,12-13,22H,3,5-6H2,1H3,(H,17,18)(H,19,20)/t8-,12+/m1/s1. The molecular formula is C14H17F2N5O2. The van der Waals surface area contributed by atoms with Crippen molar-refractivity contribution in [2.24, 2.45) is 5.92 Å². The Balaban J connectivity index is 1.66. The fourth-order valence-corrected chi connectivity index (χ4v) is 2.79. The van der Waals surface area contributed by atoms with E-state index in [0.717, 1.165) is 17.5 Å². The highest BCUT2D eigenvalue weighted by Gasteiger charge is 2.35. The number of nitrogens with zero attached hydrogens (tertiary/aromatic N) is 3. The minimum Gasteiger partial charge on any atom is -0.391 e. The summed E-state index contributed by atoms with van der Waals surface area (Å²) in [6.07, 6.45) is -2.84. The zero-order valence-corrected chi connectivity index (χ0v) is 12.5. The Morgan fingerprint density at radius 2 is 2.17 bits per heavy atom. The number of aliphatic hydroxyl groups excluding tert-OH is 1. The van der Waals surface area contributed by atoms with Gasteiger partial charge in [0.15, 0.2) is 5.69 Å². The van der Waals surface area contributed by atoms with Crippen LogP contribution in [0.15, 0.2) is 12.1 Å². The Hall–Kier alpha value is -2.29. The molecule has 3 N–H and O–H groups in total. The number of hydrogen-bond donors (Lipinski definition) is 3. The SMILES string of the molecule is Cc1cc(C[C@@H]2CN(C(=O)c3cc(C(F)F)[nH]n3)C[C@@H]2O)n[nH]1. The Morgan fingerprint density at radius 1 is 1.39 bits per heavy atom. The first-order chi connectivity index (χ1) is 10.9.